The summed E-state index contributed by atoms with van der Waals surface area (Å²) in [5.74, 6) is -0.0245. The Kier molecular flexibility index (Phi) is 2.53. The molecule has 0 aromatic heterocycles. The number of allylic oxidation sites excluding steroid dienone is 2. The Morgan fingerprint density at radius 2 is 2.00 bits per heavy atom. The van der Waals surface area contributed by atoms with Crippen LogP contribution in [0.2, 0.25) is 0 Å². The minimum Gasteiger partial charge on any atom is -0.463 e. The van der Waals surface area contributed by atoms with Crippen LogP contribution in [0.15, 0.2) is 42.2 Å². The maximum atomic E-state index is 10.4. The molecule has 0 aliphatic carbocycles. The van der Waals surface area contributed by atoms with E-state index in [1.165, 1.54) is 0 Å². The highest BCUT2D eigenvalue weighted by Gasteiger charge is 2.35. The molecule has 1 heterocycles. The highest BCUT2D eigenvalue weighted by Crippen LogP contribution is 2.36. The molecule has 0 fully saturated rings. The first-order valence-corrected chi connectivity index (χ1v) is 5.25. The third-order valence-corrected chi connectivity index (χ3v) is 2.67. The van der Waals surface area contributed by atoms with Crippen LogP contribution in [-0.2, 0) is 10.5 Å². The SMILES string of the molecule is CC1=C[C@@H](C)C[C@@](O)(c2ccccc2)O1. The maximum absolute atomic E-state index is 10.4. The number of hydrogen-bond acceptors (Lipinski definition) is 2. The Morgan fingerprint density at radius 1 is 1.33 bits per heavy atom. The predicted octanol–water partition coefficient (Wildman–Crippen LogP) is 2.79. The van der Waals surface area contributed by atoms with Crippen LogP contribution in [0.4, 0.5) is 0 Å². The van der Waals surface area contributed by atoms with Gasteiger partial charge >= 0.3 is 0 Å². The van der Waals surface area contributed by atoms with Crippen LogP contribution in [0.5, 0.6) is 0 Å². The zero-order valence-corrected chi connectivity index (χ0v) is 9.10. The van der Waals surface area contributed by atoms with Crippen LogP contribution >= 0.6 is 0 Å². The van der Waals surface area contributed by atoms with Gasteiger partial charge in [0.2, 0.25) is 5.79 Å². The fourth-order valence-corrected chi connectivity index (χ4v) is 2.11. The quantitative estimate of drug-likeness (QED) is 0.762. The van der Waals surface area contributed by atoms with Gasteiger partial charge in [0.05, 0.1) is 5.76 Å². The molecule has 0 spiro atoms. The second kappa shape index (κ2) is 3.70. The Hall–Kier alpha value is -1.28. The van der Waals surface area contributed by atoms with Gasteiger partial charge in [0.15, 0.2) is 0 Å². The van der Waals surface area contributed by atoms with E-state index >= 15 is 0 Å². The molecule has 0 amide bonds. The standard InChI is InChI=1S/C13H16O2/c1-10-8-11(2)15-13(14,9-10)12-6-4-3-5-7-12/h3-8,10,14H,9H2,1-2H3/t10-,13+/m1/s1. The second-order valence-electron chi connectivity index (χ2n) is 4.21. The lowest BCUT2D eigenvalue weighted by Gasteiger charge is -2.35. The molecule has 15 heavy (non-hydrogen) atoms. The van der Waals surface area contributed by atoms with Crippen molar-refractivity contribution >= 4 is 0 Å². The number of aliphatic hydroxyl groups is 1. The second-order valence-corrected chi connectivity index (χ2v) is 4.21. The summed E-state index contributed by atoms with van der Waals surface area (Å²) in [6.45, 7) is 3.96. The number of benzene rings is 1. The van der Waals surface area contributed by atoms with Crippen molar-refractivity contribution in [1.82, 2.24) is 0 Å². The summed E-state index contributed by atoms with van der Waals surface area (Å²) in [6, 6.07) is 9.54. The van der Waals surface area contributed by atoms with Crippen LogP contribution in [0.3, 0.4) is 0 Å². The molecule has 0 bridgehead atoms. The van der Waals surface area contributed by atoms with Crippen LogP contribution < -0.4 is 0 Å². The average molecular weight is 204 g/mol. The molecule has 0 saturated carbocycles. The fourth-order valence-electron chi connectivity index (χ4n) is 2.11. The highest BCUT2D eigenvalue weighted by atomic mass is 16.6. The molecule has 0 radical (unpaired) electrons. The third-order valence-electron chi connectivity index (χ3n) is 2.67. The van der Waals surface area contributed by atoms with E-state index in [2.05, 4.69) is 6.92 Å². The third kappa shape index (κ3) is 2.05. The Morgan fingerprint density at radius 3 is 2.60 bits per heavy atom. The smallest absolute Gasteiger partial charge is 0.234 e. The van der Waals surface area contributed by atoms with E-state index in [-0.39, 0.29) is 0 Å². The largest absolute Gasteiger partial charge is 0.463 e. The molecule has 1 aromatic rings. The first-order chi connectivity index (χ1) is 7.10. The lowest BCUT2D eigenvalue weighted by atomic mass is 9.92. The average Bonchev–Trinajstić information content (AvgIpc) is 2.17. The molecule has 1 N–H and O–H groups in total. The van der Waals surface area contributed by atoms with E-state index in [1.807, 2.05) is 43.3 Å². The molecular formula is C13H16O2. The summed E-state index contributed by atoms with van der Waals surface area (Å²) in [6.07, 6.45) is 2.64. The fraction of sp³-hybridized carbons (Fsp3) is 0.385. The van der Waals surface area contributed by atoms with Crippen molar-refractivity contribution < 1.29 is 9.84 Å². The molecule has 2 rings (SSSR count). The van der Waals surface area contributed by atoms with E-state index in [4.69, 9.17) is 4.74 Å². The summed E-state index contributed by atoms with van der Waals surface area (Å²) in [7, 11) is 0. The number of hydrogen-bond donors (Lipinski definition) is 1. The van der Waals surface area contributed by atoms with Crippen molar-refractivity contribution in [3.8, 4) is 0 Å². The molecule has 1 aromatic carbocycles. The number of ether oxygens (including phenoxy) is 1. The molecule has 2 atom stereocenters. The maximum Gasteiger partial charge on any atom is 0.234 e. The van der Waals surface area contributed by atoms with Crippen molar-refractivity contribution in [2.45, 2.75) is 26.1 Å². The van der Waals surface area contributed by atoms with Crippen molar-refractivity contribution in [1.29, 1.82) is 0 Å². The van der Waals surface area contributed by atoms with Gasteiger partial charge in [-0.05, 0) is 18.9 Å². The van der Waals surface area contributed by atoms with E-state index in [0.717, 1.165) is 11.3 Å². The molecule has 2 heteroatoms. The van der Waals surface area contributed by atoms with Crippen molar-refractivity contribution in [3.63, 3.8) is 0 Å². The van der Waals surface area contributed by atoms with Gasteiger partial charge in [-0.1, -0.05) is 37.3 Å². The number of rotatable bonds is 1. The predicted molar refractivity (Wildman–Crippen MR) is 59.0 cm³/mol. The molecule has 2 nitrogen and oxygen atoms in total. The van der Waals surface area contributed by atoms with Gasteiger partial charge in [-0.25, -0.2) is 0 Å². The van der Waals surface area contributed by atoms with Crippen LogP contribution in [0.1, 0.15) is 25.8 Å². The Labute approximate surface area is 90.2 Å². The van der Waals surface area contributed by atoms with Gasteiger partial charge < -0.3 is 9.84 Å². The molecule has 0 saturated heterocycles. The molecular weight excluding hydrogens is 188 g/mol. The minimum absolute atomic E-state index is 0.337. The highest BCUT2D eigenvalue weighted by molar-refractivity contribution is 5.22. The van der Waals surface area contributed by atoms with Crippen LogP contribution in [0, 0.1) is 5.92 Å². The Bertz CT molecular complexity index is 369. The molecule has 0 unspecified atom stereocenters. The summed E-state index contributed by atoms with van der Waals surface area (Å²) in [5, 5.41) is 10.4. The minimum atomic E-state index is -1.15. The summed E-state index contributed by atoms with van der Waals surface area (Å²) < 4.78 is 5.55. The van der Waals surface area contributed by atoms with Crippen molar-refractivity contribution in [2.24, 2.45) is 5.92 Å². The van der Waals surface area contributed by atoms with Gasteiger partial charge in [-0.15, -0.1) is 0 Å². The Balaban J connectivity index is 2.33. The normalized spacial score (nSPS) is 30.6. The van der Waals surface area contributed by atoms with Crippen LogP contribution in [0.25, 0.3) is 0 Å². The summed E-state index contributed by atoms with van der Waals surface area (Å²) >= 11 is 0. The van der Waals surface area contributed by atoms with Crippen LogP contribution in [-0.4, -0.2) is 5.11 Å². The molecule has 1 aliphatic rings. The van der Waals surface area contributed by atoms with Gasteiger partial charge in [0.1, 0.15) is 0 Å². The molecule has 80 valence electrons. The van der Waals surface area contributed by atoms with Gasteiger partial charge in [0, 0.05) is 12.0 Å². The van der Waals surface area contributed by atoms with Crippen molar-refractivity contribution in [2.75, 3.05) is 0 Å². The van der Waals surface area contributed by atoms with Gasteiger partial charge in [-0.2, -0.15) is 0 Å². The van der Waals surface area contributed by atoms with Gasteiger partial charge in [-0.3, -0.25) is 0 Å². The van der Waals surface area contributed by atoms with Crippen molar-refractivity contribution in [3.05, 3.63) is 47.7 Å². The zero-order chi connectivity index (χ0) is 10.9. The summed E-state index contributed by atoms with van der Waals surface area (Å²) in [5.41, 5.74) is 0.823. The van der Waals surface area contributed by atoms with E-state index in [0.29, 0.717) is 12.3 Å². The first kappa shape index (κ1) is 10.2. The first-order valence-electron chi connectivity index (χ1n) is 5.25. The topological polar surface area (TPSA) is 29.5 Å². The lowest BCUT2D eigenvalue weighted by Crippen LogP contribution is -2.33. The van der Waals surface area contributed by atoms with E-state index in [9.17, 15) is 5.11 Å². The molecule has 1 aliphatic heterocycles. The lowest BCUT2D eigenvalue weighted by molar-refractivity contribution is -0.203. The van der Waals surface area contributed by atoms with Gasteiger partial charge in [0.25, 0.3) is 0 Å². The van der Waals surface area contributed by atoms with E-state index < -0.39 is 5.79 Å². The summed E-state index contributed by atoms with van der Waals surface area (Å²) in [4.78, 5) is 0. The monoisotopic (exact) mass is 204 g/mol. The van der Waals surface area contributed by atoms with E-state index in [1.54, 1.807) is 0 Å². The zero-order valence-electron chi connectivity index (χ0n) is 9.10.